The van der Waals surface area contributed by atoms with Gasteiger partial charge in [-0.25, -0.2) is 0 Å². The standard InChI is InChI=1S/C81H157NO5/c1-3-5-7-9-11-13-15-17-19-21-22-23-24-29-32-35-38-42-45-49-53-57-61-65-69-73-79(84)78(77-83)82-80(85)74-70-66-62-58-54-50-46-43-39-36-33-30-27-25-26-28-31-34-37-40-44-48-52-56-60-64-68-72-76-87-81(86)75-71-67-63-59-55-51-47-41-20-18-16-14-12-10-8-6-4-2/h18,20,69,73,78-79,83-84H,3-17,19,21-68,70-72,74-77H2,1-2H3,(H,82,85)/b20-18-,73-69+. The van der Waals surface area contributed by atoms with Crippen molar-refractivity contribution in [2.45, 2.75) is 469 Å². The van der Waals surface area contributed by atoms with Crippen molar-refractivity contribution >= 4 is 11.9 Å². The Kier molecular flexibility index (Phi) is 75.3. The second-order valence-electron chi connectivity index (χ2n) is 27.8. The molecule has 0 bridgehead atoms. The van der Waals surface area contributed by atoms with Crippen molar-refractivity contribution in [3.05, 3.63) is 24.3 Å². The average molecular weight is 1230 g/mol. The lowest BCUT2D eigenvalue weighted by Crippen LogP contribution is -2.45. The van der Waals surface area contributed by atoms with Gasteiger partial charge in [-0.3, -0.25) is 9.59 Å². The van der Waals surface area contributed by atoms with Gasteiger partial charge in [-0.15, -0.1) is 0 Å². The molecule has 3 N–H and O–H groups in total. The van der Waals surface area contributed by atoms with Crippen LogP contribution in [0.1, 0.15) is 457 Å². The number of nitrogens with one attached hydrogen (secondary N) is 1. The van der Waals surface area contributed by atoms with Crippen LogP contribution in [0.5, 0.6) is 0 Å². The number of carbonyl (C=O) groups is 2. The molecule has 6 nitrogen and oxygen atoms in total. The number of esters is 1. The van der Waals surface area contributed by atoms with Gasteiger partial charge in [0.2, 0.25) is 5.91 Å². The van der Waals surface area contributed by atoms with Crippen LogP contribution >= 0.6 is 0 Å². The van der Waals surface area contributed by atoms with Crippen molar-refractivity contribution in [3.63, 3.8) is 0 Å². The molecule has 0 aromatic rings. The summed E-state index contributed by atoms with van der Waals surface area (Å²) in [5.74, 6) is -0.0430. The molecule has 0 rings (SSSR count). The Morgan fingerprint density at radius 1 is 0.310 bits per heavy atom. The third-order valence-corrected chi connectivity index (χ3v) is 19.0. The topological polar surface area (TPSA) is 95.9 Å². The van der Waals surface area contributed by atoms with E-state index in [1.165, 1.54) is 385 Å². The van der Waals surface area contributed by atoms with Crippen molar-refractivity contribution in [2.24, 2.45) is 0 Å². The van der Waals surface area contributed by atoms with E-state index in [0.717, 1.165) is 44.9 Å². The minimum atomic E-state index is -0.844. The van der Waals surface area contributed by atoms with Crippen LogP contribution in [0.4, 0.5) is 0 Å². The Hall–Kier alpha value is -1.66. The fraction of sp³-hybridized carbons (Fsp3) is 0.926. The van der Waals surface area contributed by atoms with Crippen LogP contribution in [0.15, 0.2) is 24.3 Å². The number of unbranched alkanes of at least 4 members (excludes halogenated alkanes) is 63. The lowest BCUT2D eigenvalue weighted by molar-refractivity contribution is -0.143. The number of allylic oxidation sites excluding steroid dienone is 3. The van der Waals surface area contributed by atoms with Crippen LogP contribution < -0.4 is 5.32 Å². The molecule has 2 unspecified atom stereocenters. The molecule has 0 aliphatic heterocycles. The van der Waals surface area contributed by atoms with Crippen LogP contribution in [0, 0.1) is 0 Å². The van der Waals surface area contributed by atoms with Gasteiger partial charge in [0.15, 0.2) is 0 Å². The van der Waals surface area contributed by atoms with Gasteiger partial charge < -0.3 is 20.3 Å². The molecule has 6 heteroatoms. The first-order valence-electron chi connectivity index (χ1n) is 40.1. The quantitative estimate of drug-likeness (QED) is 0.0320. The van der Waals surface area contributed by atoms with Gasteiger partial charge in [-0.2, -0.15) is 0 Å². The minimum absolute atomic E-state index is 0.0163. The molecular weight excluding hydrogens is 1070 g/mol. The molecular formula is C81H157NO5. The van der Waals surface area contributed by atoms with E-state index in [4.69, 9.17) is 4.74 Å². The summed E-state index contributed by atoms with van der Waals surface area (Å²) in [6, 6.07) is -0.627. The first-order valence-corrected chi connectivity index (χ1v) is 40.1. The van der Waals surface area contributed by atoms with Crippen LogP contribution in [-0.4, -0.2) is 47.4 Å². The maximum Gasteiger partial charge on any atom is 0.305 e. The van der Waals surface area contributed by atoms with Gasteiger partial charge in [0.1, 0.15) is 0 Å². The number of aliphatic hydroxyl groups is 2. The molecule has 0 aromatic heterocycles. The maximum atomic E-state index is 12.6. The van der Waals surface area contributed by atoms with E-state index in [2.05, 4.69) is 31.3 Å². The Bertz CT molecular complexity index is 1360. The maximum absolute atomic E-state index is 12.6. The van der Waals surface area contributed by atoms with E-state index in [1.54, 1.807) is 6.08 Å². The normalized spacial score (nSPS) is 12.6. The van der Waals surface area contributed by atoms with E-state index >= 15 is 0 Å². The Morgan fingerprint density at radius 3 is 0.816 bits per heavy atom. The van der Waals surface area contributed by atoms with Crippen molar-refractivity contribution < 1.29 is 24.5 Å². The molecule has 0 fully saturated rings. The third-order valence-electron chi connectivity index (χ3n) is 19.0. The molecule has 87 heavy (non-hydrogen) atoms. The number of aliphatic hydroxyl groups excluding tert-OH is 2. The van der Waals surface area contributed by atoms with Gasteiger partial charge in [0, 0.05) is 12.8 Å². The molecule has 0 saturated carbocycles. The zero-order valence-electron chi connectivity index (χ0n) is 59.3. The summed E-state index contributed by atoms with van der Waals surface area (Å²) in [6.45, 7) is 4.95. The number of hydrogen-bond acceptors (Lipinski definition) is 5. The molecule has 0 spiro atoms. The van der Waals surface area contributed by atoms with Crippen molar-refractivity contribution in [1.29, 1.82) is 0 Å². The Morgan fingerprint density at radius 2 is 0.540 bits per heavy atom. The molecule has 516 valence electrons. The number of rotatable bonds is 76. The molecule has 1 amide bonds. The Balaban J connectivity index is 3.36. The van der Waals surface area contributed by atoms with Crippen molar-refractivity contribution in [3.8, 4) is 0 Å². The summed E-state index contributed by atoms with van der Waals surface area (Å²) >= 11 is 0. The summed E-state index contributed by atoms with van der Waals surface area (Å²) in [7, 11) is 0. The highest BCUT2D eigenvalue weighted by Crippen LogP contribution is 2.20. The van der Waals surface area contributed by atoms with Crippen molar-refractivity contribution in [2.75, 3.05) is 13.2 Å². The van der Waals surface area contributed by atoms with E-state index in [-0.39, 0.29) is 18.5 Å². The van der Waals surface area contributed by atoms with Crippen LogP contribution in [0.2, 0.25) is 0 Å². The van der Waals surface area contributed by atoms with E-state index < -0.39 is 12.1 Å². The fourth-order valence-corrected chi connectivity index (χ4v) is 12.9. The lowest BCUT2D eigenvalue weighted by Gasteiger charge is -2.20. The van der Waals surface area contributed by atoms with Gasteiger partial charge in [0.25, 0.3) is 0 Å². The molecule has 0 saturated heterocycles. The average Bonchev–Trinajstić information content (AvgIpc) is 3.53. The monoisotopic (exact) mass is 1220 g/mol. The van der Waals surface area contributed by atoms with Gasteiger partial charge in [0.05, 0.1) is 25.4 Å². The summed E-state index contributed by atoms with van der Waals surface area (Å²) < 4.78 is 5.51. The SMILES string of the molecule is CCCCCCCC/C=C\CCCCCCCCCC(=O)OCCCCCCCCCCCCCCCCCCCCCCCCCCCCCCC(=O)NC(CO)C(O)/C=C/CCCCCCCCCCCCCCCCCCCCCCCCC. The molecule has 0 aliphatic rings. The smallest absolute Gasteiger partial charge is 0.305 e. The second kappa shape index (κ2) is 76.8. The number of hydrogen-bond donors (Lipinski definition) is 3. The summed E-state index contributed by atoms with van der Waals surface area (Å²) in [4.78, 5) is 24.7. The summed E-state index contributed by atoms with van der Waals surface area (Å²) in [5, 5.41) is 23.3. The summed E-state index contributed by atoms with van der Waals surface area (Å²) in [5.41, 5.74) is 0. The predicted molar refractivity (Wildman–Crippen MR) is 384 cm³/mol. The highest BCUT2D eigenvalue weighted by Gasteiger charge is 2.18. The zero-order valence-corrected chi connectivity index (χ0v) is 59.3. The Labute approximate surface area is 545 Å². The number of ether oxygens (including phenoxy) is 1. The molecule has 0 heterocycles. The predicted octanol–water partition coefficient (Wildman–Crippen LogP) is 26.4. The lowest BCUT2D eigenvalue weighted by atomic mass is 10.0. The largest absolute Gasteiger partial charge is 0.466 e. The van der Waals surface area contributed by atoms with Crippen LogP contribution in [0.3, 0.4) is 0 Å². The zero-order chi connectivity index (χ0) is 62.8. The van der Waals surface area contributed by atoms with Crippen LogP contribution in [-0.2, 0) is 14.3 Å². The van der Waals surface area contributed by atoms with E-state index in [9.17, 15) is 19.8 Å². The van der Waals surface area contributed by atoms with Crippen molar-refractivity contribution in [1.82, 2.24) is 5.32 Å². The highest BCUT2D eigenvalue weighted by atomic mass is 16.5. The first-order chi connectivity index (χ1) is 43.0. The number of amides is 1. The summed E-state index contributed by atoms with van der Waals surface area (Å²) in [6.07, 6.45) is 98.7. The highest BCUT2D eigenvalue weighted by molar-refractivity contribution is 5.76. The van der Waals surface area contributed by atoms with E-state index in [0.29, 0.717) is 19.4 Å². The van der Waals surface area contributed by atoms with Gasteiger partial charge in [-0.05, 0) is 57.8 Å². The molecule has 0 aromatic carbocycles. The molecule has 2 atom stereocenters. The second-order valence-corrected chi connectivity index (χ2v) is 27.8. The first kappa shape index (κ1) is 85.3. The molecule has 0 radical (unpaired) electrons. The fourth-order valence-electron chi connectivity index (χ4n) is 12.9. The van der Waals surface area contributed by atoms with Gasteiger partial charge >= 0.3 is 5.97 Å². The third kappa shape index (κ3) is 73.3. The minimum Gasteiger partial charge on any atom is -0.466 e. The number of carbonyl (C=O) groups excluding carboxylic acids is 2. The van der Waals surface area contributed by atoms with Gasteiger partial charge in [-0.1, -0.05) is 411 Å². The van der Waals surface area contributed by atoms with Crippen LogP contribution in [0.25, 0.3) is 0 Å². The van der Waals surface area contributed by atoms with E-state index in [1.807, 2.05) is 6.08 Å². The molecule has 0 aliphatic carbocycles.